The fourth-order valence-corrected chi connectivity index (χ4v) is 2.11. The van der Waals surface area contributed by atoms with Gasteiger partial charge in [0.05, 0.1) is 17.9 Å². The Morgan fingerprint density at radius 3 is 2.58 bits per heavy atom. The van der Waals surface area contributed by atoms with Crippen LogP contribution in [0.4, 0.5) is 20.2 Å². The van der Waals surface area contributed by atoms with E-state index in [2.05, 4.69) is 10.6 Å². The normalized spacial score (nSPS) is 11.5. The Labute approximate surface area is 148 Å². The number of aliphatic hydroxyl groups is 1. The number of nitrogens with one attached hydrogen (secondary N) is 2. The lowest BCUT2D eigenvalue weighted by atomic mass is 10.1. The molecule has 0 unspecified atom stereocenters. The monoisotopic (exact) mass is 364 g/mol. The van der Waals surface area contributed by atoms with Crippen molar-refractivity contribution < 1.29 is 28.2 Å². The van der Waals surface area contributed by atoms with Crippen molar-refractivity contribution in [2.24, 2.45) is 0 Å². The van der Waals surface area contributed by atoms with Crippen LogP contribution in [0.3, 0.4) is 0 Å². The second-order valence-electron chi connectivity index (χ2n) is 5.36. The van der Waals surface area contributed by atoms with Crippen molar-refractivity contribution in [3.8, 4) is 0 Å². The highest BCUT2D eigenvalue weighted by Gasteiger charge is 2.21. The van der Waals surface area contributed by atoms with E-state index < -0.39 is 29.6 Å². The largest absolute Gasteiger partial charge is 0.449 e. The van der Waals surface area contributed by atoms with E-state index in [1.165, 1.54) is 13.0 Å². The molecular weight excluding hydrogens is 346 g/mol. The molecule has 0 spiro atoms. The van der Waals surface area contributed by atoms with Gasteiger partial charge in [0.25, 0.3) is 5.91 Å². The van der Waals surface area contributed by atoms with E-state index >= 15 is 0 Å². The summed E-state index contributed by atoms with van der Waals surface area (Å²) in [5.74, 6) is -3.22. The van der Waals surface area contributed by atoms with Gasteiger partial charge in [-0.05, 0) is 31.2 Å². The Morgan fingerprint density at radius 1 is 1.15 bits per heavy atom. The van der Waals surface area contributed by atoms with Crippen molar-refractivity contribution in [3.63, 3.8) is 0 Å². The summed E-state index contributed by atoms with van der Waals surface area (Å²) in [6.07, 6.45) is -1.21. The summed E-state index contributed by atoms with van der Waals surface area (Å²) in [4.78, 5) is 24.4. The summed E-state index contributed by atoms with van der Waals surface area (Å²) in [5.41, 5.74) is 0.418. The minimum atomic E-state index is -1.21. The summed E-state index contributed by atoms with van der Waals surface area (Å²) in [7, 11) is 0. The Bertz CT molecular complexity index is 799. The number of rotatable bonds is 7. The number of carbonyl (C=O) groups excluding carboxylic acids is 2. The molecule has 0 saturated carbocycles. The highest BCUT2D eigenvalue weighted by atomic mass is 19.1. The summed E-state index contributed by atoms with van der Waals surface area (Å²) in [6, 6.07) is 9.17. The van der Waals surface area contributed by atoms with Gasteiger partial charge in [0.1, 0.15) is 11.6 Å². The van der Waals surface area contributed by atoms with Crippen LogP contribution in [-0.2, 0) is 9.53 Å². The van der Waals surface area contributed by atoms with Crippen LogP contribution in [0.25, 0.3) is 0 Å². The number of anilines is 2. The minimum Gasteiger partial charge on any atom is -0.449 e. The lowest BCUT2D eigenvalue weighted by Gasteiger charge is -2.16. The molecular formula is C18H18F2N2O4. The van der Waals surface area contributed by atoms with Gasteiger partial charge in [-0.1, -0.05) is 12.1 Å². The Morgan fingerprint density at radius 2 is 1.88 bits per heavy atom. The maximum absolute atomic E-state index is 13.6. The van der Waals surface area contributed by atoms with Crippen molar-refractivity contribution >= 4 is 23.3 Å². The average molecular weight is 364 g/mol. The third-order valence-corrected chi connectivity index (χ3v) is 3.42. The third kappa shape index (κ3) is 5.00. The van der Waals surface area contributed by atoms with E-state index in [0.717, 1.165) is 12.1 Å². The molecule has 0 heterocycles. The number of hydrogen-bond acceptors (Lipinski definition) is 5. The molecule has 1 amide bonds. The molecule has 0 aliphatic carbocycles. The van der Waals surface area contributed by atoms with Gasteiger partial charge in [0, 0.05) is 18.3 Å². The molecule has 0 bridgehead atoms. The van der Waals surface area contributed by atoms with Crippen molar-refractivity contribution in [2.45, 2.75) is 13.0 Å². The van der Waals surface area contributed by atoms with Crippen LogP contribution in [0.2, 0.25) is 0 Å². The molecule has 2 rings (SSSR count). The van der Waals surface area contributed by atoms with Crippen LogP contribution in [0.1, 0.15) is 17.3 Å². The fourth-order valence-electron chi connectivity index (χ4n) is 2.11. The zero-order valence-electron chi connectivity index (χ0n) is 14.0. The second-order valence-corrected chi connectivity index (χ2v) is 5.36. The molecule has 0 saturated heterocycles. The molecule has 2 aromatic carbocycles. The van der Waals surface area contributed by atoms with Gasteiger partial charge in [-0.2, -0.15) is 0 Å². The van der Waals surface area contributed by atoms with Crippen LogP contribution in [0, 0.1) is 11.6 Å². The van der Waals surface area contributed by atoms with E-state index in [-0.39, 0.29) is 24.4 Å². The maximum Gasteiger partial charge on any atom is 0.341 e. The van der Waals surface area contributed by atoms with Gasteiger partial charge in [0.2, 0.25) is 0 Å². The number of para-hydroxylation sites is 1. The first-order valence-electron chi connectivity index (χ1n) is 7.83. The molecule has 0 aliphatic heterocycles. The number of aliphatic hydroxyl groups excluding tert-OH is 1. The van der Waals surface area contributed by atoms with Crippen LogP contribution >= 0.6 is 0 Å². The average Bonchev–Trinajstić information content (AvgIpc) is 2.62. The molecule has 2 aromatic rings. The van der Waals surface area contributed by atoms with E-state index in [9.17, 15) is 18.4 Å². The van der Waals surface area contributed by atoms with Gasteiger partial charge in [-0.25, -0.2) is 13.6 Å². The van der Waals surface area contributed by atoms with Crippen molar-refractivity contribution in [1.82, 2.24) is 0 Å². The molecule has 6 nitrogen and oxygen atoms in total. The number of amides is 1. The standard InChI is InChI=1S/C18H18F2N2O4/c1-11(17(24)22-16-7-6-12(19)10-14(16)20)26-18(25)13-4-2-3-5-15(13)21-8-9-23/h2-7,10-11,21,23H,8-9H2,1H3,(H,22,24)/t11-/m1/s1. The van der Waals surface area contributed by atoms with E-state index in [0.29, 0.717) is 11.8 Å². The van der Waals surface area contributed by atoms with Gasteiger partial charge >= 0.3 is 5.97 Å². The van der Waals surface area contributed by atoms with E-state index in [1.807, 2.05) is 0 Å². The lowest BCUT2D eigenvalue weighted by molar-refractivity contribution is -0.123. The first-order chi connectivity index (χ1) is 12.4. The quantitative estimate of drug-likeness (QED) is 0.657. The number of ether oxygens (including phenoxy) is 1. The molecule has 138 valence electrons. The molecule has 0 radical (unpaired) electrons. The first kappa shape index (κ1) is 19.3. The molecule has 0 aliphatic rings. The maximum atomic E-state index is 13.6. The minimum absolute atomic E-state index is 0.120. The third-order valence-electron chi connectivity index (χ3n) is 3.42. The fraction of sp³-hybridized carbons (Fsp3) is 0.222. The second kappa shape index (κ2) is 8.91. The van der Waals surface area contributed by atoms with Crippen LogP contribution in [0.15, 0.2) is 42.5 Å². The summed E-state index contributed by atoms with van der Waals surface area (Å²) < 4.78 is 31.6. The topological polar surface area (TPSA) is 87.7 Å². The van der Waals surface area contributed by atoms with Gasteiger partial charge in [0.15, 0.2) is 6.10 Å². The van der Waals surface area contributed by atoms with Crippen LogP contribution in [-0.4, -0.2) is 36.2 Å². The molecule has 8 heteroatoms. The highest BCUT2D eigenvalue weighted by molar-refractivity contribution is 5.99. The van der Waals surface area contributed by atoms with E-state index in [1.54, 1.807) is 18.2 Å². The molecule has 26 heavy (non-hydrogen) atoms. The van der Waals surface area contributed by atoms with Gasteiger partial charge in [-0.3, -0.25) is 4.79 Å². The highest BCUT2D eigenvalue weighted by Crippen LogP contribution is 2.18. The smallest absolute Gasteiger partial charge is 0.341 e. The molecule has 0 aromatic heterocycles. The predicted octanol–water partition coefficient (Wildman–Crippen LogP) is 2.55. The van der Waals surface area contributed by atoms with Gasteiger partial charge < -0.3 is 20.5 Å². The molecule has 0 fully saturated rings. The molecule has 3 N–H and O–H groups in total. The zero-order valence-corrected chi connectivity index (χ0v) is 14.0. The number of hydrogen-bond donors (Lipinski definition) is 3. The van der Waals surface area contributed by atoms with Crippen LogP contribution in [0.5, 0.6) is 0 Å². The zero-order chi connectivity index (χ0) is 19.1. The number of carbonyl (C=O) groups is 2. The Hall–Kier alpha value is -3.00. The SMILES string of the molecule is C[C@@H](OC(=O)c1ccccc1NCCO)C(=O)Nc1ccc(F)cc1F. The summed E-state index contributed by atoms with van der Waals surface area (Å²) >= 11 is 0. The predicted molar refractivity (Wildman–Crippen MR) is 91.9 cm³/mol. The van der Waals surface area contributed by atoms with Crippen LogP contribution < -0.4 is 10.6 Å². The number of esters is 1. The number of benzene rings is 2. The lowest BCUT2D eigenvalue weighted by Crippen LogP contribution is -2.30. The Balaban J connectivity index is 2.03. The Kier molecular flexibility index (Phi) is 6.62. The number of halogens is 2. The van der Waals surface area contributed by atoms with Gasteiger partial charge in [-0.15, -0.1) is 0 Å². The summed E-state index contributed by atoms with van der Waals surface area (Å²) in [5, 5.41) is 14.0. The summed E-state index contributed by atoms with van der Waals surface area (Å²) in [6.45, 7) is 1.45. The van der Waals surface area contributed by atoms with Crippen molar-refractivity contribution in [2.75, 3.05) is 23.8 Å². The van der Waals surface area contributed by atoms with Crippen molar-refractivity contribution in [1.29, 1.82) is 0 Å². The van der Waals surface area contributed by atoms with E-state index in [4.69, 9.17) is 9.84 Å². The first-order valence-corrected chi connectivity index (χ1v) is 7.83. The molecule has 1 atom stereocenters. The van der Waals surface area contributed by atoms with Crippen molar-refractivity contribution in [3.05, 3.63) is 59.7 Å².